The number of Topliss-reactive ketones (excluding diaryl/α,β-unsaturated/α-hetero) is 1. The monoisotopic (exact) mass is 267 g/mol. The van der Waals surface area contributed by atoms with Crippen LogP contribution in [0.15, 0.2) is 24.3 Å². The highest BCUT2D eigenvalue weighted by atomic mass is 32.1. The highest BCUT2D eigenvalue weighted by molar-refractivity contribution is 7.80. The Balaban J connectivity index is 3.30. The van der Waals surface area contributed by atoms with Crippen LogP contribution >= 0.6 is 12.2 Å². The van der Waals surface area contributed by atoms with Crippen LogP contribution < -0.4 is 4.90 Å². The summed E-state index contributed by atoms with van der Waals surface area (Å²) in [6.45, 7) is 5.86. The molecule has 1 rings (SSSR count). The first-order valence-electron chi connectivity index (χ1n) is 5.77. The number of benzene rings is 1. The van der Waals surface area contributed by atoms with E-state index in [9.17, 15) is 9.18 Å². The van der Waals surface area contributed by atoms with Crippen LogP contribution in [0.3, 0.4) is 0 Å². The van der Waals surface area contributed by atoms with E-state index in [0.717, 1.165) is 11.3 Å². The van der Waals surface area contributed by atoms with Crippen LogP contribution in [0.2, 0.25) is 0 Å². The Bertz CT molecular complexity index is 457. The molecule has 4 heteroatoms. The second kappa shape index (κ2) is 5.57. The molecule has 0 spiro atoms. The second-order valence-corrected chi connectivity index (χ2v) is 5.24. The molecule has 0 aliphatic carbocycles. The summed E-state index contributed by atoms with van der Waals surface area (Å²) < 4.78 is 13.3. The quantitative estimate of drug-likeness (QED) is 0.779. The van der Waals surface area contributed by atoms with Crippen molar-refractivity contribution in [3.63, 3.8) is 0 Å². The van der Waals surface area contributed by atoms with Crippen molar-refractivity contribution in [2.75, 3.05) is 11.6 Å². The molecule has 0 saturated carbocycles. The summed E-state index contributed by atoms with van der Waals surface area (Å²) in [6.07, 6.45) is 0. The number of halogens is 1. The van der Waals surface area contributed by atoms with Crippen molar-refractivity contribution in [3.05, 3.63) is 29.8 Å². The summed E-state index contributed by atoms with van der Waals surface area (Å²) >= 11 is 5.17. The van der Waals surface area contributed by atoms with E-state index in [1.54, 1.807) is 18.7 Å². The van der Waals surface area contributed by atoms with Crippen LogP contribution in [0.25, 0.3) is 0 Å². The lowest BCUT2D eigenvalue weighted by Gasteiger charge is -2.38. The van der Waals surface area contributed by atoms with E-state index in [1.807, 2.05) is 31.2 Å². The third kappa shape index (κ3) is 2.75. The van der Waals surface area contributed by atoms with Gasteiger partial charge in [-0.25, -0.2) is 4.39 Å². The molecule has 1 unspecified atom stereocenters. The fourth-order valence-electron chi connectivity index (χ4n) is 1.82. The zero-order chi connectivity index (χ0) is 13.9. The highest BCUT2D eigenvalue weighted by Gasteiger charge is 2.38. The molecule has 98 valence electrons. The lowest BCUT2D eigenvalue weighted by atomic mass is 9.95. The van der Waals surface area contributed by atoms with Gasteiger partial charge in [0.25, 0.3) is 0 Å². The number of aryl methyl sites for hydroxylation is 1. The average Bonchev–Trinajstić information content (AvgIpc) is 2.31. The maximum atomic E-state index is 13.3. The number of carbonyl (C=O) groups is 1. The molecule has 0 heterocycles. The normalized spacial score (nSPS) is 13.8. The van der Waals surface area contributed by atoms with Crippen molar-refractivity contribution in [1.82, 2.24) is 0 Å². The molecular weight excluding hydrogens is 249 g/mol. The molecule has 0 aliphatic rings. The maximum absolute atomic E-state index is 13.3. The van der Waals surface area contributed by atoms with Gasteiger partial charge in [0.2, 0.25) is 0 Å². The van der Waals surface area contributed by atoms with Gasteiger partial charge >= 0.3 is 0 Å². The Hall–Kier alpha value is -1.29. The second-order valence-electron chi connectivity index (χ2n) is 4.65. The number of nitrogens with zero attached hydrogens (tertiary/aromatic N) is 1. The number of ketones is 1. The van der Waals surface area contributed by atoms with Crippen molar-refractivity contribution in [2.24, 2.45) is 0 Å². The topological polar surface area (TPSA) is 20.3 Å². The molecule has 0 aliphatic heterocycles. The van der Waals surface area contributed by atoms with E-state index in [1.165, 1.54) is 6.92 Å². The summed E-state index contributed by atoms with van der Waals surface area (Å²) in [7, 11) is 0. The number of anilines is 1. The molecule has 0 saturated heterocycles. The first-order valence-corrected chi connectivity index (χ1v) is 6.18. The van der Waals surface area contributed by atoms with E-state index in [4.69, 9.17) is 12.2 Å². The van der Waals surface area contributed by atoms with Gasteiger partial charge in [-0.15, -0.1) is 0 Å². The number of hydrogen-bond donors (Lipinski definition) is 0. The van der Waals surface area contributed by atoms with Crippen molar-refractivity contribution < 1.29 is 9.18 Å². The smallest absolute Gasteiger partial charge is 0.158 e. The van der Waals surface area contributed by atoms with Crippen LogP contribution in [0, 0.1) is 6.92 Å². The lowest BCUT2D eigenvalue weighted by Crippen LogP contribution is -2.55. The average molecular weight is 267 g/mol. The largest absolute Gasteiger partial charge is 0.321 e. The highest BCUT2D eigenvalue weighted by Crippen LogP contribution is 2.27. The predicted molar refractivity (Wildman–Crippen MR) is 77.0 cm³/mol. The number of thiocarbonyl (C=S) groups is 1. The van der Waals surface area contributed by atoms with Gasteiger partial charge in [0, 0.05) is 5.69 Å². The van der Waals surface area contributed by atoms with Gasteiger partial charge in [-0.1, -0.05) is 29.9 Å². The summed E-state index contributed by atoms with van der Waals surface area (Å²) in [4.78, 5) is 13.8. The number of alkyl halides is 1. The Morgan fingerprint density at radius 1 is 1.33 bits per heavy atom. The van der Waals surface area contributed by atoms with Crippen LogP contribution in [0.5, 0.6) is 0 Å². The molecule has 2 nitrogen and oxygen atoms in total. The van der Waals surface area contributed by atoms with Crippen molar-refractivity contribution in [3.8, 4) is 0 Å². The zero-order valence-corrected chi connectivity index (χ0v) is 12.0. The van der Waals surface area contributed by atoms with Gasteiger partial charge in [-0.2, -0.15) is 0 Å². The molecule has 1 aromatic rings. The minimum Gasteiger partial charge on any atom is -0.321 e. The first kappa shape index (κ1) is 14.8. The van der Waals surface area contributed by atoms with Gasteiger partial charge in [0.15, 0.2) is 5.78 Å². The molecule has 0 N–H and O–H groups in total. The summed E-state index contributed by atoms with van der Waals surface area (Å²) in [5, 5.41) is 0. The molecule has 0 aromatic heterocycles. The fourth-order valence-corrected chi connectivity index (χ4v) is 2.13. The van der Waals surface area contributed by atoms with Gasteiger partial charge in [0.1, 0.15) is 12.2 Å². The number of hydrogen-bond acceptors (Lipinski definition) is 2. The first-order chi connectivity index (χ1) is 8.32. The van der Waals surface area contributed by atoms with Crippen molar-refractivity contribution >= 4 is 28.7 Å². The van der Waals surface area contributed by atoms with Gasteiger partial charge in [-0.05, 0) is 39.8 Å². The molecule has 18 heavy (non-hydrogen) atoms. The Morgan fingerprint density at radius 3 is 2.17 bits per heavy atom. The summed E-state index contributed by atoms with van der Waals surface area (Å²) in [6, 6.07) is 7.53. The van der Waals surface area contributed by atoms with Crippen LogP contribution in [0.4, 0.5) is 10.1 Å². The van der Waals surface area contributed by atoms with E-state index in [0.29, 0.717) is 4.99 Å². The third-order valence-electron chi connectivity index (χ3n) is 3.12. The number of rotatable bonds is 4. The van der Waals surface area contributed by atoms with E-state index >= 15 is 0 Å². The summed E-state index contributed by atoms with van der Waals surface area (Å²) in [5.41, 5.74) is 0.607. The Labute approximate surface area is 113 Å². The molecule has 0 amide bonds. The zero-order valence-electron chi connectivity index (χ0n) is 11.2. The van der Waals surface area contributed by atoms with Crippen molar-refractivity contribution in [2.45, 2.75) is 33.2 Å². The van der Waals surface area contributed by atoms with Gasteiger partial charge in [0.05, 0.1) is 4.99 Å². The minimum absolute atomic E-state index is 0.241. The molecule has 0 radical (unpaired) electrons. The Morgan fingerprint density at radius 2 is 1.83 bits per heavy atom. The SMILES string of the molecule is CC(=O)C(C)(CF)N(C(C)=S)c1ccc(C)cc1. The van der Waals surface area contributed by atoms with Crippen molar-refractivity contribution in [1.29, 1.82) is 0 Å². The fraction of sp³-hybridized carbons (Fsp3) is 0.429. The predicted octanol–water partition coefficient (Wildman–Crippen LogP) is 3.47. The Kier molecular flexibility index (Phi) is 4.57. The van der Waals surface area contributed by atoms with Crippen LogP contribution in [0.1, 0.15) is 26.3 Å². The van der Waals surface area contributed by atoms with Gasteiger partial charge < -0.3 is 4.90 Å². The molecule has 0 fully saturated rings. The lowest BCUT2D eigenvalue weighted by molar-refractivity contribution is -0.121. The minimum atomic E-state index is -1.24. The number of carbonyl (C=O) groups excluding carboxylic acids is 1. The maximum Gasteiger partial charge on any atom is 0.158 e. The molecule has 1 aromatic carbocycles. The van der Waals surface area contributed by atoms with E-state index < -0.39 is 12.2 Å². The standard InChI is InChI=1S/C14H18FNOS/c1-10-5-7-13(8-6-10)16(12(3)18)14(4,9-15)11(2)17/h5-8H,9H2,1-4H3. The third-order valence-corrected chi connectivity index (χ3v) is 3.30. The summed E-state index contributed by atoms with van der Waals surface area (Å²) in [5.74, 6) is -0.241. The van der Waals surface area contributed by atoms with E-state index in [2.05, 4.69) is 0 Å². The van der Waals surface area contributed by atoms with Gasteiger partial charge in [-0.3, -0.25) is 4.79 Å². The van der Waals surface area contributed by atoms with Crippen LogP contribution in [-0.2, 0) is 4.79 Å². The molecule has 1 atom stereocenters. The molecule has 0 bridgehead atoms. The van der Waals surface area contributed by atoms with Crippen LogP contribution in [-0.4, -0.2) is 23.0 Å². The molecular formula is C14H18FNOS. The van der Waals surface area contributed by atoms with E-state index in [-0.39, 0.29) is 5.78 Å².